The van der Waals surface area contributed by atoms with Gasteiger partial charge < -0.3 is 9.84 Å². The molecular weight excluding hydrogens is 558 g/mol. The van der Waals surface area contributed by atoms with Gasteiger partial charge in [0, 0.05) is 12.1 Å². The Morgan fingerprint density at radius 3 is 2.45 bits per heavy atom. The second kappa shape index (κ2) is 10.1. The van der Waals surface area contributed by atoms with Crippen LogP contribution in [-0.4, -0.2) is 34.6 Å². The van der Waals surface area contributed by atoms with Gasteiger partial charge in [-0.3, -0.25) is 24.5 Å². The number of aromatic hydroxyl groups is 1. The topological polar surface area (TPSA) is 122 Å². The van der Waals surface area contributed by atoms with Crippen molar-refractivity contribution in [2.75, 3.05) is 16.6 Å². The van der Waals surface area contributed by atoms with E-state index in [9.17, 15) is 24.8 Å². The van der Waals surface area contributed by atoms with Gasteiger partial charge in [0.05, 0.1) is 33.4 Å². The fraction of sp³-hybridized carbons (Fsp3) is 0.259. The number of nitro benzene ring substituents is 1. The van der Waals surface area contributed by atoms with Crippen LogP contribution in [0, 0.1) is 16.0 Å². The smallest absolute Gasteiger partial charge is 0.271 e. The van der Waals surface area contributed by atoms with E-state index in [2.05, 4.69) is 15.9 Å². The molecule has 3 aromatic carbocycles. The average molecular weight is 582 g/mol. The maximum atomic E-state index is 13.8. The first-order valence-electron chi connectivity index (χ1n) is 12.1. The Labute approximate surface area is 226 Å². The Morgan fingerprint density at radius 1 is 1.05 bits per heavy atom. The summed E-state index contributed by atoms with van der Waals surface area (Å²) in [6, 6.07) is 15.3. The summed E-state index contributed by atoms with van der Waals surface area (Å²) in [6.07, 6.45) is -0.338. The highest BCUT2D eigenvalue weighted by Gasteiger charge is 2.60. The number of carbonyl (C=O) groups is 2. The lowest BCUT2D eigenvalue weighted by Gasteiger charge is -2.29. The minimum atomic E-state index is -1.15. The van der Waals surface area contributed by atoms with Gasteiger partial charge in [0.15, 0.2) is 17.6 Å². The number of rotatable bonds is 7. The van der Waals surface area contributed by atoms with Gasteiger partial charge in [-0.25, -0.2) is 9.96 Å². The summed E-state index contributed by atoms with van der Waals surface area (Å²) < 4.78 is 5.91. The maximum Gasteiger partial charge on any atom is 0.271 e. The van der Waals surface area contributed by atoms with Crippen LogP contribution in [0.15, 0.2) is 65.1 Å². The van der Waals surface area contributed by atoms with Crippen LogP contribution < -0.4 is 14.7 Å². The third kappa shape index (κ3) is 4.27. The van der Waals surface area contributed by atoms with E-state index in [0.717, 1.165) is 16.9 Å². The minimum Gasteiger partial charge on any atom is -0.503 e. The number of hydrogen-bond donors (Lipinski definition) is 1. The van der Waals surface area contributed by atoms with Crippen molar-refractivity contribution in [1.82, 2.24) is 0 Å². The van der Waals surface area contributed by atoms with E-state index in [1.807, 2.05) is 19.1 Å². The summed E-state index contributed by atoms with van der Waals surface area (Å²) in [5, 5.41) is 23.3. The zero-order valence-electron chi connectivity index (χ0n) is 20.5. The van der Waals surface area contributed by atoms with Crippen LogP contribution in [0.25, 0.3) is 0 Å². The lowest BCUT2D eigenvalue weighted by molar-refractivity contribution is -0.384. The number of phenols is 1. The second-order valence-corrected chi connectivity index (χ2v) is 9.77. The molecule has 5 rings (SSSR count). The van der Waals surface area contributed by atoms with Crippen molar-refractivity contribution in [3.05, 3.63) is 86.4 Å². The predicted molar refractivity (Wildman–Crippen MR) is 142 cm³/mol. The number of hydroxylamine groups is 1. The molecule has 0 radical (unpaired) electrons. The van der Waals surface area contributed by atoms with E-state index >= 15 is 0 Å². The van der Waals surface area contributed by atoms with Crippen LogP contribution in [0.4, 0.5) is 17.1 Å². The maximum absolute atomic E-state index is 13.8. The molecule has 10 nitrogen and oxygen atoms in total. The van der Waals surface area contributed by atoms with Crippen LogP contribution in [0.5, 0.6) is 11.5 Å². The number of benzene rings is 3. The lowest BCUT2D eigenvalue weighted by Crippen LogP contribution is -2.37. The highest BCUT2D eigenvalue weighted by atomic mass is 79.9. The number of phenolic OH excluding ortho intramolecular Hbond substituents is 1. The Bertz CT molecular complexity index is 1430. The Hall–Kier alpha value is -3.96. The molecule has 2 saturated heterocycles. The monoisotopic (exact) mass is 581 g/mol. The number of aryl methyl sites for hydroxylation is 1. The molecule has 0 aromatic heterocycles. The fourth-order valence-corrected chi connectivity index (χ4v) is 5.35. The number of halogens is 1. The van der Waals surface area contributed by atoms with E-state index in [1.165, 1.54) is 23.3 Å². The Balaban J connectivity index is 1.62. The van der Waals surface area contributed by atoms with Crippen LogP contribution in [-0.2, 0) is 20.8 Å². The molecule has 0 spiro atoms. The van der Waals surface area contributed by atoms with E-state index in [0.29, 0.717) is 21.4 Å². The molecule has 11 heteroatoms. The van der Waals surface area contributed by atoms with Crippen molar-refractivity contribution in [2.24, 2.45) is 5.92 Å². The van der Waals surface area contributed by atoms with E-state index in [1.54, 1.807) is 37.3 Å². The van der Waals surface area contributed by atoms with Gasteiger partial charge in [0.2, 0.25) is 5.91 Å². The van der Waals surface area contributed by atoms with Gasteiger partial charge in [-0.1, -0.05) is 25.1 Å². The third-order valence-corrected chi connectivity index (χ3v) is 7.31. The number of ether oxygens (including phenoxy) is 1. The van der Waals surface area contributed by atoms with E-state index in [-0.39, 0.29) is 23.8 Å². The molecule has 2 amide bonds. The predicted octanol–water partition coefficient (Wildman–Crippen LogP) is 5.08. The second-order valence-electron chi connectivity index (χ2n) is 8.91. The third-order valence-electron chi connectivity index (χ3n) is 6.71. The molecule has 0 unspecified atom stereocenters. The average Bonchev–Trinajstić information content (AvgIpc) is 3.42. The van der Waals surface area contributed by atoms with Crippen molar-refractivity contribution >= 4 is 44.8 Å². The van der Waals surface area contributed by atoms with Crippen molar-refractivity contribution < 1.29 is 29.2 Å². The van der Waals surface area contributed by atoms with E-state index in [4.69, 9.17) is 9.57 Å². The summed E-state index contributed by atoms with van der Waals surface area (Å²) in [4.78, 5) is 45.5. The summed E-state index contributed by atoms with van der Waals surface area (Å²) in [5.41, 5.74) is 2.16. The summed E-state index contributed by atoms with van der Waals surface area (Å²) in [7, 11) is 0. The van der Waals surface area contributed by atoms with Crippen LogP contribution >= 0.6 is 15.9 Å². The number of nitrogens with zero attached hydrogens (tertiary/aromatic N) is 3. The van der Waals surface area contributed by atoms with Gasteiger partial charge in [0.1, 0.15) is 5.92 Å². The number of hydrogen-bond acceptors (Lipinski definition) is 8. The number of anilines is 2. The number of nitro groups is 1. The normalized spacial score (nSPS) is 20.7. The van der Waals surface area contributed by atoms with Gasteiger partial charge in [-0.05, 0) is 70.7 Å². The zero-order valence-corrected chi connectivity index (χ0v) is 22.1. The molecule has 2 fully saturated rings. The number of carbonyl (C=O) groups excluding carboxylic acids is 2. The Kier molecular flexibility index (Phi) is 6.80. The molecule has 2 aliphatic rings. The zero-order chi connectivity index (χ0) is 27.1. The van der Waals surface area contributed by atoms with Crippen molar-refractivity contribution in [3.8, 4) is 11.5 Å². The highest BCUT2D eigenvalue weighted by Crippen LogP contribution is 2.50. The largest absolute Gasteiger partial charge is 0.503 e. The molecule has 0 bridgehead atoms. The fourth-order valence-electron chi connectivity index (χ4n) is 4.89. The summed E-state index contributed by atoms with van der Waals surface area (Å²) >= 11 is 3.34. The lowest BCUT2D eigenvalue weighted by atomic mass is 9.90. The molecule has 2 aliphatic heterocycles. The number of imide groups is 1. The van der Waals surface area contributed by atoms with Crippen LogP contribution in [0.3, 0.4) is 0 Å². The van der Waals surface area contributed by atoms with Crippen molar-refractivity contribution in [3.63, 3.8) is 0 Å². The molecule has 196 valence electrons. The molecule has 38 heavy (non-hydrogen) atoms. The first-order valence-corrected chi connectivity index (χ1v) is 12.9. The quantitative estimate of drug-likeness (QED) is 0.233. The SMILES string of the molecule is CCOc1cc([C@H]2[C@H]3C(=O)N(c4ccc(CC)cc4)C(=O)[C@@H]3ON2c2cccc([N+](=O)[O-])c2)cc(Br)c1O. The van der Waals surface area contributed by atoms with Crippen molar-refractivity contribution in [2.45, 2.75) is 32.4 Å². The number of fused-ring (bicyclic) bond motifs is 1. The Morgan fingerprint density at radius 2 is 1.79 bits per heavy atom. The molecule has 2 heterocycles. The molecule has 0 aliphatic carbocycles. The minimum absolute atomic E-state index is 0.112. The van der Waals surface area contributed by atoms with Gasteiger partial charge in [-0.15, -0.1) is 0 Å². The first-order chi connectivity index (χ1) is 18.2. The summed E-state index contributed by atoms with van der Waals surface area (Å²) in [5.74, 6) is -1.87. The van der Waals surface area contributed by atoms with Gasteiger partial charge >= 0.3 is 0 Å². The molecule has 1 N–H and O–H groups in total. The van der Waals surface area contributed by atoms with Crippen LogP contribution in [0.2, 0.25) is 0 Å². The standard InChI is InChI=1S/C27H24BrN3O7/c1-3-15-8-10-17(11-9-15)29-26(33)22-23(16-12-20(28)24(32)21(13-16)37-4-2)30(38-25(22)27(29)34)18-6-5-7-19(14-18)31(35)36/h5-14,22-23,25,32H,3-4H2,1-2H3/t22-,23+,25-/m1/s1. The molecular formula is C27H24BrN3O7. The number of non-ortho nitro benzene ring substituents is 1. The molecule has 3 atom stereocenters. The molecule has 3 aromatic rings. The first kappa shape index (κ1) is 25.7. The summed E-state index contributed by atoms with van der Waals surface area (Å²) in [6.45, 7) is 4.06. The van der Waals surface area contributed by atoms with Gasteiger partial charge in [-0.2, -0.15) is 0 Å². The highest BCUT2D eigenvalue weighted by molar-refractivity contribution is 9.10. The van der Waals surface area contributed by atoms with Crippen LogP contribution in [0.1, 0.15) is 31.0 Å². The van der Waals surface area contributed by atoms with E-state index < -0.39 is 34.8 Å². The molecule has 0 saturated carbocycles. The van der Waals surface area contributed by atoms with Crippen molar-refractivity contribution in [1.29, 1.82) is 0 Å². The van der Waals surface area contributed by atoms with Gasteiger partial charge in [0.25, 0.3) is 11.6 Å². The number of amides is 2.